The lowest BCUT2D eigenvalue weighted by molar-refractivity contribution is 0.563. The molecule has 0 unspecified atom stereocenters. The number of imidazole rings is 1. The third-order valence-corrected chi connectivity index (χ3v) is 8.53. The Morgan fingerprint density at radius 3 is 2.57 bits per heavy atom. The van der Waals surface area contributed by atoms with E-state index in [1.165, 1.54) is 41.9 Å². The molecule has 1 aliphatic rings. The van der Waals surface area contributed by atoms with Crippen LogP contribution in [0.2, 0.25) is 0 Å². The van der Waals surface area contributed by atoms with Crippen molar-refractivity contribution in [2.45, 2.75) is 43.7 Å². The smallest absolute Gasteiger partial charge is 0.0945 e. The number of nitrogens with zero attached hydrogens (tertiary/aromatic N) is 2. The molecule has 0 N–H and O–H groups in total. The molecule has 0 atom stereocenters. The largest absolute Gasteiger partial charge is 0.337 e. The minimum atomic E-state index is 0.363. The Hall–Kier alpha value is -0.870. The molecule has 3 rings (SSSR count). The third-order valence-electron chi connectivity index (χ3n) is 4.49. The van der Waals surface area contributed by atoms with E-state index in [0.717, 1.165) is 12.5 Å². The molecular formula is C19H26N2S2. The standard InChI is InChI=1S/C19H26N2S2/c1-16-3-5-18(6-4-16)7-8-19(22-13-17(2)14-23-19)9-11-21-12-10-20-15-21/h3-6,10,12,15,17H,7-9,11,13-14H2,1-2H3. The highest BCUT2D eigenvalue weighted by molar-refractivity contribution is 8.18. The van der Waals surface area contributed by atoms with E-state index in [1.54, 1.807) is 0 Å². The molecule has 1 aliphatic heterocycles. The van der Waals surface area contributed by atoms with Crippen LogP contribution in [-0.4, -0.2) is 25.1 Å². The monoisotopic (exact) mass is 346 g/mol. The molecule has 2 nitrogen and oxygen atoms in total. The van der Waals surface area contributed by atoms with Crippen LogP contribution in [0.25, 0.3) is 0 Å². The van der Waals surface area contributed by atoms with Crippen molar-refractivity contribution in [3.8, 4) is 0 Å². The first-order valence-electron chi connectivity index (χ1n) is 8.44. The predicted molar refractivity (Wildman–Crippen MR) is 103 cm³/mol. The first kappa shape index (κ1) is 17.0. The number of thioether (sulfide) groups is 2. The maximum absolute atomic E-state index is 4.17. The SMILES string of the molecule is Cc1ccc(CCC2(CCn3ccnc3)SCC(C)CS2)cc1. The topological polar surface area (TPSA) is 17.8 Å². The zero-order valence-electron chi connectivity index (χ0n) is 14.1. The zero-order valence-corrected chi connectivity index (χ0v) is 15.7. The second kappa shape index (κ2) is 7.80. The van der Waals surface area contributed by atoms with Gasteiger partial charge in [0.2, 0.25) is 0 Å². The molecule has 0 amide bonds. The predicted octanol–water partition coefficient (Wildman–Crippen LogP) is 5.03. The van der Waals surface area contributed by atoms with E-state index < -0.39 is 0 Å². The van der Waals surface area contributed by atoms with Crippen LogP contribution >= 0.6 is 23.5 Å². The Labute approximate surface area is 148 Å². The van der Waals surface area contributed by atoms with Gasteiger partial charge in [0.1, 0.15) is 0 Å². The summed E-state index contributed by atoms with van der Waals surface area (Å²) in [5.41, 5.74) is 2.82. The number of benzene rings is 1. The van der Waals surface area contributed by atoms with Gasteiger partial charge in [0.25, 0.3) is 0 Å². The van der Waals surface area contributed by atoms with Gasteiger partial charge in [-0.2, -0.15) is 0 Å². The van der Waals surface area contributed by atoms with E-state index in [0.29, 0.717) is 4.08 Å². The third kappa shape index (κ3) is 4.80. The molecule has 4 heteroatoms. The Bertz CT molecular complexity index is 584. The number of hydrogen-bond acceptors (Lipinski definition) is 3. The summed E-state index contributed by atoms with van der Waals surface area (Å²) in [5, 5.41) is 0. The van der Waals surface area contributed by atoms with Crippen molar-refractivity contribution in [1.29, 1.82) is 0 Å². The fraction of sp³-hybridized carbons (Fsp3) is 0.526. The summed E-state index contributed by atoms with van der Waals surface area (Å²) < 4.78 is 2.58. The second-order valence-electron chi connectivity index (χ2n) is 6.67. The molecular weight excluding hydrogens is 320 g/mol. The summed E-state index contributed by atoms with van der Waals surface area (Å²) in [6.45, 7) is 5.60. The summed E-state index contributed by atoms with van der Waals surface area (Å²) in [7, 11) is 0. The van der Waals surface area contributed by atoms with Crippen molar-refractivity contribution in [3.05, 3.63) is 54.1 Å². The number of rotatable bonds is 6. The minimum absolute atomic E-state index is 0.363. The highest BCUT2D eigenvalue weighted by atomic mass is 32.2. The number of aryl methyl sites for hydroxylation is 3. The molecule has 0 spiro atoms. The van der Waals surface area contributed by atoms with Crippen molar-refractivity contribution < 1.29 is 0 Å². The number of hydrogen-bond donors (Lipinski definition) is 0. The van der Waals surface area contributed by atoms with Crippen molar-refractivity contribution >= 4 is 23.5 Å². The van der Waals surface area contributed by atoms with Crippen molar-refractivity contribution in [3.63, 3.8) is 0 Å². The van der Waals surface area contributed by atoms with Gasteiger partial charge in [-0.15, -0.1) is 23.5 Å². The molecule has 2 aromatic rings. The van der Waals surface area contributed by atoms with E-state index in [2.05, 4.69) is 77.4 Å². The van der Waals surface area contributed by atoms with Gasteiger partial charge in [-0.3, -0.25) is 0 Å². The fourth-order valence-corrected chi connectivity index (χ4v) is 6.17. The molecule has 1 aromatic carbocycles. The lowest BCUT2D eigenvalue weighted by Gasteiger charge is -2.38. The Morgan fingerprint density at radius 1 is 1.17 bits per heavy atom. The van der Waals surface area contributed by atoms with Gasteiger partial charge in [-0.1, -0.05) is 36.8 Å². The van der Waals surface area contributed by atoms with Gasteiger partial charge in [-0.05, 0) is 49.2 Å². The van der Waals surface area contributed by atoms with Crippen LogP contribution in [-0.2, 0) is 13.0 Å². The molecule has 23 heavy (non-hydrogen) atoms. The molecule has 1 fully saturated rings. The second-order valence-corrected chi connectivity index (χ2v) is 9.74. The summed E-state index contributed by atoms with van der Waals surface area (Å²) >= 11 is 4.38. The van der Waals surface area contributed by atoms with E-state index >= 15 is 0 Å². The first-order chi connectivity index (χ1) is 11.2. The summed E-state index contributed by atoms with van der Waals surface area (Å²) in [4.78, 5) is 4.17. The van der Waals surface area contributed by atoms with Gasteiger partial charge in [-0.25, -0.2) is 4.98 Å². The molecule has 1 saturated heterocycles. The molecule has 1 aromatic heterocycles. The van der Waals surface area contributed by atoms with Gasteiger partial charge in [0.15, 0.2) is 0 Å². The maximum atomic E-state index is 4.17. The lowest BCUT2D eigenvalue weighted by atomic mass is 10.0. The van der Waals surface area contributed by atoms with E-state index in [-0.39, 0.29) is 0 Å². The maximum Gasteiger partial charge on any atom is 0.0945 e. The molecule has 0 bridgehead atoms. The lowest BCUT2D eigenvalue weighted by Crippen LogP contribution is -2.30. The fourth-order valence-electron chi connectivity index (χ4n) is 2.90. The quantitative estimate of drug-likeness (QED) is 0.731. The Kier molecular flexibility index (Phi) is 5.76. The van der Waals surface area contributed by atoms with Crippen LogP contribution in [0.4, 0.5) is 0 Å². The molecule has 124 valence electrons. The summed E-state index contributed by atoms with van der Waals surface area (Å²) in [5.74, 6) is 3.43. The van der Waals surface area contributed by atoms with Crippen LogP contribution in [0.1, 0.15) is 30.9 Å². The van der Waals surface area contributed by atoms with E-state index in [4.69, 9.17) is 0 Å². The van der Waals surface area contributed by atoms with E-state index in [1.807, 2.05) is 12.5 Å². The van der Waals surface area contributed by atoms with Crippen molar-refractivity contribution in [1.82, 2.24) is 9.55 Å². The normalized spacial score (nSPS) is 24.7. The van der Waals surface area contributed by atoms with Gasteiger partial charge in [0.05, 0.1) is 10.4 Å². The van der Waals surface area contributed by atoms with Gasteiger partial charge >= 0.3 is 0 Å². The summed E-state index contributed by atoms with van der Waals surface area (Å²) in [6.07, 6.45) is 9.55. The molecule has 0 saturated carbocycles. The Morgan fingerprint density at radius 2 is 1.91 bits per heavy atom. The van der Waals surface area contributed by atoms with Crippen LogP contribution in [0.3, 0.4) is 0 Å². The van der Waals surface area contributed by atoms with E-state index in [9.17, 15) is 0 Å². The van der Waals surface area contributed by atoms with Crippen LogP contribution < -0.4 is 0 Å². The van der Waals surface area contributed by atoms with Crippen LogP contribution in [0.15, 0.2) is 43.0 Å². The van der Waals surface area contributed by atoms with Gasteiger partial charge < -0.3 is 4.57 Å². The molecule has 0 radical (unpaired) electrons. The van der Waals surface area contributed by atoms with Crippen molar-refractivity contribution in [2.75, 3.05) is 11.5 Å². The average Bonchev–Trinajstić information content (AvgIpc) is 3.09. The van der Waals surface area contributed by atoms with Crippen molar-refractivity contribution in [2.24, 2.45) is 5.92 Å². The highest BCUT2D eigenvalue weighted by Crippen LogP contribution is 2.49. The minimum Gasteiger partial charge on any atom is -0.337 e. The van der Waals surface area contributed by atoms with Crippen LogP contribution in [0.5, 0.6) is 0 Å². The molecule has 0 aliphatic carbocycles. The first-order valence-corrected chi connectivity index (χ1v) is 10.4. The average molecular weight is 347 g/mol. The Balaban J connectivity index is 1.63. The zero-order chi connectivity index (χ0) is 16.1. The highest BCUT2D eigenvalue weighted by Gasteiger charge is 2.35. The molecule has 2 heterocycles. The number of aromatic nitrogens is 2. The van der Waals surface area contributed by atoms with Crippen LogP contribution in [0, 0.1) is 12.8 Å². The van der Waals surface area contributed by atoms with Gasteiger partial charge in [0, 0.05) is 18.9 Å². The summed E-state index contributed by atoms with van der Waals surface area (Å²) in [6, 6.07) is 9.05.